The van der Waals surface area contributed by atoms with Crippen LogP contribution < -0.4 is 4.74 Å². The highest BCUT2D eigenvalue weighted by Gasteiger charge is 2.21. The quantitative estimate of drug-likeness (QED) is 0.587. The van der Waals surface area contributed by atoms with Gasteiger partial charge in [-0.2, -0.15) is 0 Å². The van der Waals surface area contributed by atoms with E-state index in [0.717, 1.165) is 27.8 Å². The number of methoxy groups -OCH3 is 2. The number of aryl methyl sites for hydroxylation is 2. The van der Waals surface area contributed by atoms with Gasteiger partial charge in [0.15, 0.2) is 6.79 Å². The van der Waals surface area contributed by atoms with Crippen molar-refractivity contribution in [2.45, 2.75) is 39.7 Å². The minimum Gasteiger partial charge on any atom is -0.467 e. The van der Waals surface area contributed by atoms with Crippen molar-refractivity contribution in [2.24, 2.45) is 0 Å². The summed E-state index contributed by atoms with van der Waals surface area (Å²) in [5.74, 6) is 0.102. The lowest BCUT2D eigenvalue weighted by molar-refractivity contribution is 0.0507. The summed E-state index contributed by atoms with van der Waals surface area (Å²) in [6, 6.07) is 9.40. The SMILES string of the molecule is COCOc1cc(C(=O)OC)ccc1-c1c(C)cc(C)cc1CC(C)(C)O. The first kappa shape index (κ1) is 20.9. The van der Waals surface area contributed by atoms with E-state index < -0.39 is 11.6 Å². The second-order valence-corrected chi connectivity index (χ2v) is 7.36. The number of hydrogen-bond acceptors (Lipinski definition) is 5. The van der Waals surface area contributed by atoms with Gasteiger partial charge in [0.2, 0.25) is 0 Å². The molecule has 0 aliphatic heterocycles. The number of aliphatic hydroxyl groups is 1. The molecule has 0 saturated carbocycles. The van der Waals surface area contributed by atoms with Crippen LogP contribution in [0.4, 0.5) is 0 Å². The summed E-state index contributed by atoms with van der Waals surface area (Å²) >= 11 is 0. The van der Waals surface area contributed by atoms with Crippen molar-refractivity contribution in [3.63, 3.8) is 0 Å². The fourth-order valence-electron chi connectivity index (χ4n) is 3.26. The Hall–Kier alpha value is -2.37. The molecule has 27 heavy (non-hydrogen) atoms. The Kier molecular flexibility index (Phi) is 6.63. The van der Waals surface area contributed by atoms with Crippen LogP contribution in [0.1, 0.15) is 40.9 Å². The van der Waals surface area contributed by atoms with E-state index in [1.165, 1.54) is 7.11 Å². The number of carbonyl (C=O) groups is 1. The highest BCUT2D eigenvalue weighted by molar-refractivity contribution is 5.91. The van der Waals surface area contributed by atoms with Crippen molar-refractivity contribution in [3.05, 3.63) is 52.6 Å². The van der Waals surface area contributed by atoms with Gasteiger partial charge in [-0.3, -0.25) is 0 Å². The van der Waals surface area contributed by atoms with Crippen LogP contribution >= 0.6 is 0 Å². The maximum atomic E-state index is 11.9. The van der Waals surface area contributed by atoms with Crippen LogP contribution in [0.2, 0.25) is 0 Å². The van der Waals surface area contributed by atoms with Crippen LogP contribution in [-0.2, 0) is 15.9 Å². The van der Waals surface area contributed by atoms with E-state index in [-0.39, 0.29) is 6.79 Å². The van der Waals surface area contributed by atoms with Gasteiger partial charge < -0.3 is 19.3 Å². The van der Waals surface area contributed by atoms with Crippen molar-refractivity contribution in [1.82, 2.24) is 0 Å². The molecule has 0 bridgehead atoms. The molecule has 5 heteroatoms. The van der Waals surface area contributed by atoms with Crippen molar-refractivity contribution < 1.29 is 24.1 Å². The van der Waals surface area contributed by atoms with E-state index in [4.69, 9.17) is 14.2 Å². The van der Waals surface area contributed by atoms with Crippen molar-refractivity contribution in [3.8, 4) is 16.9 Å². The molecule has 2 aromatic carbocycles. The summed E-state index contributed by atoms with van der Waals surface area (Å²) < 4.78 is 15.6. The Bertz CT molecular complexity index is 818. The van der Waals surface area contributed by atoms with Gasteiger partial charge in [0, 0.05) is 19.1 Å². The Morgan fingerprint density at radius 3 is 2.41 bits per heavy atom. The average molecular weight is 372 g/mol. The predicted octanol–water partition coefficient (Wildman–Crippen LogP) is 4.05. The van der Waals surface area contributed by atoms with Crippen LogP contribution in [0, 0.1) is 13.8 Å². The van der Waals surface area contributed by atoms with E-state index in [2.05, 4.69) is 12.1 Å². The summed E-state index contributed by atoms with van der Waals surface area (Å²) in [7, 11) is 2.89. The van der Waals surface area contributed by atoms with Gasteiger partial charge in [-0.15, -0.1) is 0 Å². The van der Waals surface area contributed by atoms with Crippen molar-refractivity contribution in [2.75, 3.05) is 21.0 Å². The number of ether oxygens (including phenoxy) is 3. The molecule has 0 amide bonds. The topological polar surface area (TPSA) is 65.0 Å². The number of carbonyl (C=O) groups excluding carboxylic acids is 1. The van der Waals surface area contributed by atoms with Crippen LogP contribution in [0.15, 0.2) is 30.3 Å². The third-order valence-electron chi connectivity index (χ3n) is 4.19. The largest absolute Gasteiger partial charge is 0.467 e. The van der Waals surface area contributed by atoms with E-state index in [1.54, 1.807) is 33.1 Å². The fraction of sp³-hybridized carbons (Fsp3) is 0.409. The first-order valence-corrected chi connectivity index (χ1v) is 8.83. The molecular formula is C22H28O5. The van der Waals surface area contributed by atoms with Crippen LogP contribution in [-0.4, -0.2) is 37.7 Å². The van der Waals surface area contributed by atoms with E-state index in [1.807, 2.05) is 19.9 Å². The molecule has 0 saturated heterocycles. The zero-order valence-electron chi connectivity index (χ0n) is 16.9. The molecule has 5 nitrogen and oxygen atoms in total. The Morgan fingerprint density at radius 1 is 1.11 bits per heavy atom. The van der Waals surface area contributed by atoms with E-state index in [0.29, 0.717) is 17.7 Å². The summed E-state index contributed by atoms with van der Waals surface area (Å²) in [6.45, 7) is 7.70. The summed E-state index contributed by atoms with van der Waals surface area (Å²) in [4.78, 5) is 11.9. The molecule has 0 aliphatic carbocycles. The van der Waals surface area contributed by atoms with Gasteiger partial charge >= 0.3 is 5.97 Å². The van der Waals surface area contributed by atoms with Crippen LogP contribution in [0.5, 0.6) is 5.75 Å². The normalized spacial score (nSPS) is 11.4. The first-order valence-electron chi connectivity index (χ1n) is 8.83. The third kappa shape index (κ3) is 5.31. The maximum Gasteiger partial charge on any atom is 0.337 e. The van der Waals surface area contributed by atoms with Crippen LogP contribution in [0.3, 0.4) is 0 Å². The molecule has 1 N–H and O–H groups in total. The molecule has 0 fully saturated rings. The van der Waals surface area contributed by atoms with Crippen molar-refractivity contribution in [1.29, 1.82) is 0 Å². The van der Waals surface area contributed by atoms with Gasteiger partial charge in [-0.05, 0) is 62.6 Å². The van der Waals surface area contributed by atoms with Gasteiger partial charge in [0.05, 0.1) is 18.3 Å². The lowest BCUT2D eigenvalue weighted by atomic mass is 9.87. The van der Waals surface area contributed by atoms with Gasteiger partial charge in [0.25, 0.3) is 0 Å². The zero-order chi connectivity index (χ0) is 20.2. The molecule has 0 heterocycles. The van der Waals surface area contributed by atoms with Crippen molar-refractivity contribution >= 4 is 5.97 Å². The maximum absolute atomic E-state index is 11.9. The zero-order valence-corrected chi connectivity index (χ0v) is 16.9. The molecule has 0 atom stereocenters. The molecule has 0 aromatic heterocycles. The predicted molar refractivity (Wildman–Crippen MR) is 105 cm³/mol. The lowest BCUT2D eigenvalue weighted by Gasteiger charge is -2.23. The molecule has 2 rings (SSSR count). The number of benzene rings is 2. The molecule has 0 unspecified atom stereocenters. The minimum atomic E-state index is -0.853. The molecule has 146 valence electrons. The lowest BCUT2D eigenvalue weighted by Crippen LogP contribution is -2.22. The highest BCUT2D eigenvalue weighted by Crippen LogP contribution is 2.37. The van der Waals surface area contributed by atoms with Crippen LogP contribution in [0.25, 0.3) is 11.1 Å². The monoisotopic (exact) mass is 372 g/mol. The molecule has 0 spiro atoms. The summed E-state index contributed by atoms with van der Waals surface area (Å²) in [5.41, 5.74) is 4.61. The Morgan fingerprint density at radius 2 is 1.81 bits per heavy atom. The summed E-state index contributed by atoms with van der Waals surface area (Å²) in [5, 5.41) is 10.4. The van der Waals surface area contributed by atoms with Gasteiger partial charge in [0.1, 0.15) is 5.75 Å². The second-order valence-electron chi connectivity index (χ2n) is 7.36. The Labute approximate surface area is 160 Å². The number of rotatable bonds is 7. The molecule has 2 aromatic rings. The first-order chi connectivity index (χ1) is 12.7. The van der Waals surface area contributed by atoms with E-state index in [9.17, 15) is 9.90 Å². The minimum absolute atomic E-state index is 0.0589. The summed E-state index contributed by atoms with van der Waals surface area (Å²) in [6.07, 6.45) is 0.493. The Balaban J connectivity index is 2.67. The average Bonchev–Trinajstić information content (AvgIpc) is 2.57. The molecule has 0 aliphatic rings. The molecule has 0 radical (unpaired) electrons. The number of esters is 1. The smallest absolute Gasteiger partial charge is 0.337 e. The number of hydrogen-bond donors (Lipinski definition) is 1. The third-order valence-corrected chi connectivity index (χ3v) is 4.19. The molecular weight excluding hydrogens is 344 g/mol. The fourth-order valence-corrected chi connectivity index (χ4v) is 3.26. The van der Waals surface area contributed by atoms with Gasteiger partial charge in [-0.25, -0.2) is 4.79 Å². The van der Waals surface area contributed by atoms with Gasteiger partial charge in [-0.1, -0.05) is 17.7 Å². The van der Waals surface area contributed by atoms with E-state index >= 15 is 0 Å². The highest BCUT2D eigenvalue weighted by atomic mass is 16.7. The standard InChI is InChI=1S/C22H28O5/c1-14-9-15(2)20(17(10-14)12-22(3,4)24)18-8-7-16(21(23)26-6)11-19(18)27-13-25-5/h7-11,24H,12-13H2,1-6H3. The second kappa shape index (κ2) is 8.55.